The Labute approximate surface area is 194 Å². The summed E-state index contributed by atoms with van der Waals surface area (Å²) in [4.78, 5) is 34.4. The van der Waals surface area contributed by atoms with Gasteiger partial charge in [0.1, 0.15) is 22.1 Å². The number of piperidine rings is 1. The number of amides is 1. The highest BCUT2D eigenvalue weighted by Gasteiger charge is 2.29. The Hall–Kier alpha value is -3.58. The fraction of sp³-hybridized carbons (Fsp3) is 0.333. The number of nitro groups is 1. The summed E-state index contributed by atoms with van der Waals surface area (Å²) < 4.78 is 50.9. The van der Waals surface area contributed by atoms with E-state index in [1.807, 2.05) is 0 Å². The topological polar surface area (TPSA) is 145 Å². The highest BCUT2D eigenvalue weighted by molar-refractivity contribution is 7.89. The lowest BCUT2D eigenvalue weighted by Crippen LogP contribution is -2.36. The molecule has 0 spiro atoms. The van der Waals surface area contributed by atoms with E-state index in [4.69, 9.17) is 9.47 Å². The van der Waals surface area contributed by atoms with Gasteiger partial charge in [-0.05, 0) is 43.2 Å². The van der Waals surface area contributed by atoms with Crippen LogP contribution in [0.5, 0.6) is 5.75 Å². The average Bonchev–Trinajstić information content (AvgIpc) is 2.83. The van der Waals surface area contributed by atoms with Gasteiger partial charge in [0.25, 0.3) is 11.6 Å². The third kappa shape index (κ3) is 5.66. The smallest absolute Gasteiger partial charge is 0.338 e. The zero-order valence-corrected chi connectivity index (χ0v) is 19.0. The molecule has 3 rings (SSSR count). The van der Waals surface area contributed by atoms with Crippen molar-refractivity contribution < 1.29 is 36.8 Å². The lowest BCUT2D eigenvalue weighted by atomic mass is 10.2. The first-order valence-corrected chi connectivity index (χ1v) is 11.7. The van der Waals surface area contributed by atoms with Gasteiger partial charge in [-0.3, -0.25) is 14.9 Å². The maximum Gasteiger partial charge on any atom is 0.338 e. The highest BCUT2D eigenvalue weighted by atomic mass is 32.2. The lowest BCUT2D eigenvalue weighted by molar-refractivity contribution is -0.384. The number of ether oxygens (including phenoxy) is 2. The van der Waals surface area contributed by atoms with Crippen molar-refractivity contribution in [3.63, 3.8) is 0 Å². The summed E-state index contributed by atoms with van der Waals surface area (Å²) in [5.74, 6) is -2.73. The van der Waals surface area contributed by atoms with Crippen LogP contribution in [0.15, 0.2) is 41.3 Å². The fourth-order valence-corrected chi connectivity index (χ4v) is 4.98. The number of sulfonamides is 1. The van der Waals surface area contributed by atoms with Crippen LogP contribution in [0.1, 0.15) is 29.6 Å². The molecular formula is C21H22FN3O8S. The minimum Gasteiger partial charge on any atom is -0.496 e. The van der Waals surface area contributed by atoms with E-state index in [0.29, 0.717) is 12.8 Å². The molecule has 182 valence electrons. The van der Waals surface area contributed by atoms with Crippen LogP contribution in [0, 0.1) is 15.9 Å². The number of carbonyl (C=O) groups is 2. The van der Waals surface area contributed by atoms with Crippen LogP contribution in [0.2, 0.25) is 0 Å². The van der Waals surface area contributed by atoms with Crippen LogP contribution in [-0.4, -0.2) is 56.3 Å². The number of carbonyl (C=O) groups excluding carboxylic acids is 2. The Kier molecular flexibility index (Phi) is 7.79. The van der Waals surface area contributed by atoms with Gasteiger partial charge in [0.05, 0.1) is 23.7 Å². The molecule has 0 aliphatic carbocycles. The average molecular weight is 495 g/mol. The zero-order chi connectivity index (χ0) is 24.9. The van der Waals surface area contributed by atoms with Crippen LogP contribution in [0.3, 0.4) is 0 Å². The Morgan fingerprint density at radius 1 is 1.15 bits per heavy atom. The number of hydrogen-bond donors (Lipinski definition) is 1. The minimum atomic E-state index is -4.14. The molecule has 34 heavy (non-hydrogen) atoms. The van der Waals surface area contributed by atoms with Gasteiger partial charge in [0.2, 0.25) is 10.0 Å². The largest absolute Gasteiger partial charge is 0.496 e. The van der Waals surface area contributed by atoms with Crippen LogP contribution in [0.4, 0.5) is 15.8 Å². The second kappa shape index (κ2) is 10.6. The van der Waals surface area contributed by atoms with E-state index < -0.39 is 49.8 Å². The Balaban J connectivity index is 1.69. The summed E-state index contributed by atoms with van der Waals surface area (Å²) in [5.41, 5.74) is -0.825. The van der Waals surface area contributed by atoms with E-state index in [0.717, 1.165) is 30.7 Å². The van der Waals surface area contributed by atoms with Crippen LogP contribution < -0.4 is 10.1 Å². The second-order valence-corrected chi connectivity index (χ2v) is 9.28. The molecule has 2 aromatic rings. The van der Waals surface area contributed by atoms with Crippen molar-refractivity contribution in [1.29, 1.82) is 0 Å². The standard InChI is InChI=1S/C21H22FN3O8S/c1-32-15-6-8-17(18(12-15)25(28)29)23-20(26)13-33-21(27)14-5-7-16(22)19(11-14)34(30,31)24-9-3-2-4-10-24/h5-8,11-12H,2-4,9-10,13H2,1H3,(H,23,26). The number of esters is 1. The lowest BCUT2D eigenvalue weighted by Gasteiger charge is -2.26. The molecular weight excluding hydrogens is 473 g/mol. The molecule has 1 heterocycles. The fourth-order valence-electron chi connectivity index (χ4n) is 3.37. The normalized spacial score (nSPS) is 14.3. The second-order valence-electron chi connectivity index (χ2n) is 7.37. The maximum atomic E-state index is 14.3. The van der Waals surface area contributed by atoms with Crippen molar-refractivity contribution in [1.82, 2.24) is 4.31 Å². The molecule has 1 aliphatic heterocycles. The molecule has 0 saturated carbocycles. The predicted octanol–water partition coefficient (Wildman–Crippen LogP) is 2.71. The van der Waals surface area contributed by atoms with Crippen molar-refractivity contribution >= 4 is 33.3 Å². The molecule has 0 atom stereocenters. The number of anilines is 1. The van der Waals surface area contributed by atoms with Crippen LogP contribution >= 0.6 is 0 Å². The molecule has 1 amide bonds. The van der Waals surface area contributed by atoms with E-state index in [2.05, 4.69) is 5.32 Å². The summed E-state index contributed by atoms with van der Waals surface area (Å²) in [6, 6.07) is 6.53. The third-order valence-corrected chi connectivity index (χ3v) is 7.02. The Morgan fingerprint density at radius 3 is 2.50 bits per heavy atom. The summed E-state index contributed by atoms with van der Waals surface area (Å²) in [7, 11) is -2.81. The maximum absolute atomic E-state index is 14.3. The first-order valence-electron chi connectivity index (χ1n) is 10.2. The monoisotopic (exact) mass is 495 g/mol. The van der Waals surface area contributed by atoms with Crippen molar-refractivity contribution in [3.8, 4) is 5.75 Å². The third-order valence-electron chi connectivity index (χ3n) is 5.11. The number of nitrogens with zero attached hydrogens (tertiary/aromatic N) is 2. The predicted molar refractivity (Wildman–Crippen MR) is 118 cm³/mol. The molecule has 0 aromatic heterocycles. The summed E-state index contributed by atoms with van der Waals surface area (Å²) in [5, 5.41) is 13.5. The van der Waals surface area contributed by atoms with Gasteiger partial charge in [-0.25, -0.2) is 17.6 Å². The van der Waals surface area contributed by atoms with Gasteiger partial charge in [0.15, 0.2) is 6.61 Å². The summed E-state index contributed by atoms with van der Waals surface area (Å²) >= 11 is 0. The minimum absolute atomic E-state index is 0.136. The van der Waals surface area contributed by atoms with Gasteiger partial charge < -0.3 is 14.8 Å². The highest BCUT2D eigenvalue weighted by Crippen LogP contribution is 2.29. The molecule has 2 aromatic carbocycles. The molecule has 1 N–H and O–H groups in total. The molecule has 0 radical (unpaired) electrons. The number of hydrogen-bond acceptors (Lipinski definition) is 8. The van der Waals surface area contributed by atoms with Gasteiger partial charge in [-0.15, -0.1) is 0 Å². The van der Waals surface area contributed by atoms with Gasteiger partial charge in [-0.1, -0.05) is 6.42 Å². The van der Waals surface area contributed by atoms with E-state index in [1.165, 1.54) is 23.5 Å². The van der Waals surface area contributed by atoms with Gasteiger partial charge >= 0.3 is 5.97 Å². The van der Waals surface area contributed by atoms with Crippen LogP contribution in [-0.2, 0) is 19.6 Å². The molecule has 11 nitrogen and oxygen atoms in total. The molecule has 0 bridgehead atoms. The van der Waals surface area contributed by atoms with Crippen LogP contribution in [0.25, 0.3) is 0 Å². The number of nitrogens with one attached hydrogen (secondary N) is 1. The summed E-state index contributed by atoms with van der Waals surface area (Å²) in [6.07, 6.45) is 2.19. The van der Waals surface area contributed by atoms with E-state index in [9.17, 15) is 32.5 Å². The SMILES string of the molecule is COc1ccc(NC(=O)COC(=O)c2ccc(F)c(S(=O)(=O)N3CCCCC3)c2)c([N+](=O)[O-])c1. The Bertz CT molecular complexity index is 1210. The zero-order valence-electron chi connectivity index (χ0n) is 18.2. The van der Waals surface area contributed by atoms with Gasteiger partial charge in [0, 0.05) is 13.1 Å². The van der Waals surface area contributed by atoms with Crippen molar-refractivity contribution in [2.45, 2.75) is 24.2 Å². The molecule has 1 fully saturated rings. The molecule has 0 unspecified atom stereocenters. The van der Waals surface area contributed by atoms with E-state index in [1.54, 1.807) is 0 Å². The first-order chi connectivity index (χ1) is 16.1. The summed E-state index contributed by atoms with van der Waals surface area (Å²) in [6.45, 7) is -0.296. The quantitative estimate of drug-likeness (QED) is 0.334. The molecule has 13 heteroatoms. The van der Waals surface area contributed by atoms with E-state index >= 15 is 0 Å². The number of methoxy groups -OCH3 is 1. The molecule has 1 aliphatic rings. The number of nitro benzene ring substituents is 1. The van der Waals surface area contributed by atoms with Crippen molar-refractivity contribution in [2.75, 3.05) is 32.1 Å². The van der Waals surface area contributed by atoms with Crippen molar-refractivity contribution in [2.24, 2.45) is 0 Å². The molecule has 1 saturated heterocycles. The Morgan fingerprint density at radius 2 is 1.85 bits per heavy atom. The van der Waals surface area contributed by atoms with Crippen molar-refractivity contribution in [3.05, 3.63) is 57.9 Å². The van der Waals surface area contributed by atoms with Gasteiger partial charge in [-0.2, -0.15) is 4.31 Å². The first kappa shape index (κ1) is 25.1. The number of halogens is 1. The number of rotatable bonds is 8. The van der Waals surface area contributed by atoms with E-state index in [-0.39, 0.29) is 30.1 Å². The number of benzene rings is 2.